The van der Waals surface area contributed by atoms with Crippen LogP contribution in [0, 0.1) is 0 Å². The molecule has 12 heteroatoms. The first-order chi connectivity index (χ1) is 21.2. The number of nitrogens with two attached hydrogens (primary N) is 1. The van der Waals surface area contributed by atoms with Crippen LogP contribution in [-0.4, -0.2) is 64.9 Å². The maximum Gasteiger partial charge on any atom is 0.433 e. The molecule has 0 unspecified atom stereocenters. The summed E-state index contributed by atoms with van der Waals surface area (Å²) in [6.45, 7) is 2.14. The molecule has 1 saturated heterocycles. The lowest BCUT2D eigenvalue weighted by Crippen LogP contribution is -2.40. The maximum absolute atomic E-state index is 13.7. The molecule has 4 aromatic rings. The maximum atomic E-state index is 13.7. The van der Waals surface area contributed by atoms with Crippen molar-refractivity contribution in [2.45, 2.75) is 6.18 Å². The summed E-state index contributed by atoms with van der Waals surface area (Å²) in [6, 6.07) is 19.8. The summed E-state index contributed by atoms with van der Waals surface area (Å²) in [5, 5.41) is 2.64. The highest BCUT2D eigenvalue weighted by molar-refractivity contribution is 6.06. The van der Waals surface area contributed by atoms with E-state index in [1.165, 1.54) is 30.6 Å². The Hall–Kier alpha value is -5.36. The van der Waals surface area contributed by atoms with Crippen LogP contribution in [-0.2, 0) is 4.74 Å². The van der Waals surface area contributed by atoms with Crippen molar-refractivity contribution >= 4 is 34.7 Å². The molecular weight excluding hydrogens is 573 g/mol. The van der Waals surface area contributed by atoms with Crippen LogP contribution in [0.2, 0.25) is 0 Å². The van der Waals surface area contributed by atoms with Gasteiger partial charge in [-0.3, -0.25) is 14.6 Å². The van der Waals surface area contributed by atoms with Crippen molar-refractivity contribution in [3.05, 3.63) is 114 Å². The van der Waals surface area contributed by atoms with Crippen molar-refractivity contribution in [1.82, 2.24) is 14.9 Å². The van der Waals surface area contributed by atoms with Crippen LogP contribution < -0.4 is 11.1 Å². The van der Waals surface area contributed by atoms with Gasteiger partial charge in [-0.05, 0) is 65.7 Å². The summed E-state index contributed by atoms with van der Waals surface area (Å²) in [7, 11) is 0. The summed E-state index contributed by atoms with van der Waals surface area (Å²) in [5.41, 5.74) is 7.20. The number of aliphatic imine (C=N–C) groups is 1. The van der Waals surface area contributed by atoms with Gasteiger partial charge < -0.3 is 20.7 Å². The zero-order chi connectivity index (χ0) is 31.1. The third kappa shape index (κ3) is 7.53. The monoisotopic (exact) mass is 600 g/mol. The van der Waals surface area contributed by atoms with E-state index in [1.807, 2.05) is 18.2 Å². The average molecular weight is 601 g/mol. The van der Waals surface area contributed by atoms with Crippen LogP contribution >= 0.6 is 0 Å². The molecule has 9 nitrogen and oxygen atoms in total. The molecule has 0 saturated carbocycles. The summed E-state index contributed by atoms with van der Waals surface area (Å²) in [6.07, 6.45) is -0.0983. The molecule has 44 heavy (non-hydrogen) atoms. The zero-order valence-electron chi connectivity index (χ0n) is 23.3. The Morgan fingerprint density at radius 2 is 1.66 bits per heavy atom. The molecule has 0 aliphatic carbocycles. The molecule has 3 heterocycles. The minimum absolute atomic E-state index is 0.0582. The van der Waals surface area contributed by atoms with Gasteiger partial charge >= 0.3 is 6.18 Å². The predicted octanol–water partition coefficient (Wildman–Crippen LogP) is 5.50. The first kappa shape index (κ1) is 30.1. The molecular formula is C32H27F3N6O3. The second-order valence-corrected chi connectivity index (χ2v) is 9.75. The van der Waals surface area contributed by atoms with Crippen LogP contribution in [0.5, 0.6) is 0 Å². The first-order valence-corrected chi connectivity index (χ1v) is 13.6. The molecule has 2 aromatic carbocycles. The third-order valence-electron chi connectivity index (χ3n) is 6.70. The lowest BCUT2D eigenvalue weighted by molar-refractivity contribution is -0.0576. The van der Waals surface area contributed by atoms with Crippen LogP contribution in [0.25, 0.3) is 16.8 Å². The Bertz CT molecular complexity index is 1680. The Labute approximate surface area is 250 Å². The molecule has 0 atom stereocenters. The second kappa shape index (κ2) is 13.3. The number of halogens is 3. The summed E-state index contributed by atoms with van der Waals surface area (Å²) >= 11 is 0. The van der Waals surface area contributed by atoms with Gasteiger partial charge in [-0.25, -0.2) is 9.98 Å². The minimum Gasteiger partial charge on any atom is -0.398 e. The third-order valence-corrected chi connectivity index (χ3v) is 6.70. The van der Waals surface area contributed by atoms with Crippen LogP contribution in [0.4, 0.5) is 24.7 Å². The SMILES string of the molecule is NC(=CC(=Nc1ccc(NC(=O)c2cccc(-c3ccc(C(=O)N4CCOCC4)cc3)c2)nc1)C(F)(F)F)c1cccnc1. The standard InChI is InChI=1S/C32H27F3N6O3/c33-32(34,35)28(18-27(36)25-5-2-12-37-19-25)39-26-10-11-29(38-20-26)40-30(42)24-4-1-3-23(17-24)21-6-8-22(9-7-21)31(43)41-13-15-44-16-14-41/h1-12,17-20H,13-16,36H2,(H,38,40,42). The highest BCUT2D eigenvalue weighted by atomic mass is 19.4. The lowest BCUT2D eigenvalue weighted by Gasteiger charge is -2.26. The van der Waals surface area contributed by atoms with Crippen molar-refractivity contribution in [3.63, 3.8) is 0 Å². The fourth-order valence-electron chi connectivity index (χ4n) is 4.39. The van der Waals surface area contributed by atoms with Gasteiger partial charge in [0.15, 0.2) is 0 Å². The fraction of sp³-hybridized carbons (Fsp3) is 0.156. The Morgan fingerprint density at radius 1 is 0.909 bits per heavy atom. The largest absolute Gasteiger partial charge is 0.433 e. The normalized spacial score (nSPS) is 14.3. The lowest BCUT2D eigenvalue weighted by atomic mass is 10.0. The number of pyridine rings is 2. The average Bonchev–Trinajstić information content (AvgIpc) is 3.05. The molecule has 5 rings (SSSR count). The van der Waals surface area contributed by atoms with Crippen molar-refractivity contribution in [2.24, 2.45) is 10.7 Å². The van der Waals surface area contributed by atoms with E-state index in [0.29, 0.717) is 43.0 Å². The van der Waals surface area contributed by atoms with E-state index in [1.54, 1.807) is 41.3 Å². The van der Waals surface area contributed by atoms with Gasteiger partial charge in [0, 0.05) is 47.9 Å². The van der Waals surface area contributed by atoms with E-state index in [-0.39, 0.29) is 23.1 Å². The molecule has 2 amide bonds. The number of anilines is 1. The molecule has 0 bridgehead atoms. The number of aromatic nitrogens is 2. The van der Waals surface area contributed by atoms with E-state index >= 15 is 0 Å². The number of nitrogens with zero attached hydrogens (tertiary/aromatic N) is 4. The number of alkyl halides is 3. The number of carbonyl (C=O) groups excluding carboxylic acids is 2. The number of carbonyl (C=O) groups is 2. The topological polar surface area (TPSA) is 123 Å². The van der Waals surface area contributed by atoms with Crippen molar-refractivity contribution < 1.29 is 27.5 Å². The second-order valence-electron chi connectivity index (χ2n) is 9.75. The highest BCUT2D eigenvalue weighted by Gasteiger charge is 2.34. The number of rotatable bonds is 7. The van der Waals surface area contributed by atoms with E-state index in [4.69, 9.17) is 10.5 Å². The molecule has 0 radical (unpaired) electrons. The number of allylic oxidation sites excluding steroid dienone is 1. The number of morpholine rings is 1. The molecule has 3 N–H and O–H groups in total. The fourth-order valence-corrected chi connectivity index (χ4v) is 4.39. The van der Waals surface area contributed by atoms with E-state index in [2.05, 4.69) is 20.3 Å². The van der Waals surface area contributed by atoms with Gasteiger partial charge in [-0.2, -0.15) is 13.2 Å². The number of hydrogen-bond donors (Lipinski definition) is 2. The number of nitrogens with one attached hydrogen (secondary N) is 1. The molecule has 2 aromatic heterocycles. The van der Waals surface area contributed by atoms with Crippen molar-refractivity contribution in [1.29, 1.82) is 0 Å². The van der Waals surface area contributed by atoms with Gasteiger partial charge in [0.2, 0.25) is 0 Å². The number of hydrogen-bond acceptors (Lipinski definition) is 7. The molecule has 1 fully saturated rings. The van der Waals surface area contributed by atoms with Gasteiger partial charge in [0.25, 0.3) is 11.8 Å². The van der Waals surface area contributed by atoms with E-state index < -0.39 is 17.8 Å². The van der Waals surface area contributed by atoms with Gasteiger partial charge in [0.05, 0.1) is 25.1 Å². The number of ether oxygens (including phenoxy) is 1. The van der Waals surface area contributed by atoms with Crippen LogP contribution in [0.1, 0.15) is 26.3 Å². The predicted molar refractivity (Wildman–Crippen MR) is 160 cm³/mol. The van der Waals surface area contributed by atoms with Crippen LogP contribution in [0.15, 0.2) is 102 Å². The number of amides is 2. The van der Waals surface area contributed by atoms with Gasteiger partial charge in [-0.1, -0.05) is 24.3 Å². The van der Waals surface area contributed by atoms with Gasteiger partial charge in [0.1, 0.15) is 11.5 Å². The Balaban J connectivity index is 1.27. The van der Waals surface area contributed by atoms with Crippen molar-refractivity contribution in [3.8, 4) is 11.1 Å². The summed E-state index contributed by atoms with van der Waals surface area (Å²) < 4.78 is 46.3. The number of benzene rings is 2. The van der Waals surface area contributed by atoms with E-state index in [0.717, 1.165) is 23.4 Å². The highest BCUT2D eigenvalue weighted by Crippen LogP contribution is 2.25. The quantitative estimate of drug-likeness (QED) is 0.270. The smallest absolute Gasteiger partial charge is 0.398 e. The molecule has 0 spiro atoms. The minimum atomic E-state index is -4.77. The molecule has 224 valence electrons. The zero-order valence-corrected chi connectivity index (χ0v) is 23.3. The molecule has 1 aliphatic rings. The van der Waals surface area contributed by atoms with E-state index in [9.17, 15) is 22.8 Å². The molecule has 1 aliphatic heterocycles. The summed E-state index contributed by atoms with van der Waals surface area (Å²) in [5.74, 6) is -0.390. The first-order valence-electron chi connectivity index (χ1n) is 13.6. The summed E-state index contributed by atoms with van der Waals surface area (Å²) in [4.78, 5) is 39.0. The van der Waals surface area contributed by atoms with Crippen LogP contribution in [0.3, 0.4) is 0 Å². The van der Waals surface area contributed by atoms with Crippen molar-refractivity contribution in [2.75, 3.05) is 31.6 Å². The Kier molecular flexibility index (Phi) is 9.10. The van der Waals surface area contributed by atoms with Gasteiger partial charge in [-0.15, -0.1) is 0 Å². The Morgan fingerprint density at radius 3 is 2.32 bits per heavy atom.